The van der Waals surface area contributed by atoms with Gasteiger partial charge in [-0.25, -0.2) is 13.1 Å². The Hall–Kier alpha value is -0.370. The van der Waals surface area contributed by atoms with Gasteiger partial charge >= 0.3 is 0 Å². The number of benzene rings is 1. The lowest BCUT2D eigenvalue weighted by molar-refractivity contribution is 0.122. The molecule has 0 fully saturated rings. The Morgan fingerprint density at radius 1 is 1.28 bits per heavy atom. The molecule has 0 aromatic heterocycles. The van der Waals surface area contributed by atoms with Crippen LogP contribution in [0.5, 0.6) is 0 Å². The van der Waals surface area contributed by atoms with Crippen LogP contribution in [-0.4, -0.2) is 37.4 Å². The summed E-state index contributed by atoms with van der Waals surface area (Å²) in [5.41, 5.74) is -1.37. The molecule has 3 N–H and O–H groups in total. The van der Waals surface area contributed by atoms with Crippen molar-refractivity contribution in [3.05, 3.63) is 28.2 Å². The van der Waals surface area contributed by atoms with Crippen LogP contribution in [0.15, 0.2) is 23.1 Å². The zero-order valence-electron chi connectivity index (χ0n) is 9.52. The molecule has 1 aromatic carbocycles. The third-order valence-electron chi connectivity index (χ3n) is 2.28. The first kappa shape index (κ1) is 15.7. The van der Waals surface area contributed by atoms with Gasteiger partial charge in [0.25, 0.3) is 0 Å². The van der Waals surface area contributed by atoms with Crippen LogP contribution in [0.2, 0.25) is 10.0 Å². The fraction of sp³-hybridized carbons (Fsp3) is 0.400. The van der Waals surface area contributed by atoms with Crippen LogP contribution < -0.4 is 4.72 Å². The summed E-state index contributed by atoms with van der Waals surface area (Å²) in [6, 6.07) is 4.18. The highest BCUT2D eigenvalue weighted by Gasteiger charge is 2.31. The SMILES string of the molecule is CC(CO)(CO)NS(=O)(=O)c1cccc(Cl)c1Cl. The molecule has 0 heterocycles. The molecule has 1 aromatic rings. The van der Waals surface area contributed by atoms with Gasteiger partial charge in [-0.15, -0.1) is 0 Å². The smallest absolute Gasteiger partial charge is 0.242 e. The van der Waals surface area contributed by atoms with Gasteiger partial charge in [-0.3, -0.25) is 0 Å². The highest BCUT2D eigenvalue weighted by atomic mass is 35.5. The fourth-order valence-corrected chi connectivity index (χ4v) is 3.34. The summed E-state index contributed by atoms with van der Waals surface area (Å²) in [6.07, 6.45) is 0. The van der Waals surface area contributed by atoms with Crippen molar-refractivity contribution in [2.75, 3.05) is 13.2 Å². The molecule has 0 unspecified atom stereocenters. The van der Waals surface area contributed by atoms with Crippen molar-refractivity contribution < 1.29 is 18.6 Å². The van der Waals surface area contributed by atoms with Crippen molar-refractivity contribution in [1.29, 1.82) is 0 Å². The molecule has 0 aliphatic carbocycles. The molecule has 0 atom stereocenters. The van der Waals surface area contributed by atoms with E-state index in [1.807, 2.05) is 0 Å². The second-order valence-corrected chi connectivity index (χ2v) is 6.47. The first-order valence-electron chi connectivity index (χ1n) is 4.95. The van der Waals surface area contributed by atoms with E-state index in [0.29, 0.717) is 0 Å². The van der Waals surface area contributed by atoms with E-state index in [0.717, 1.165) is 0 Å². The van der Waals surface area contributed by atoms with Gasteiger partial charge in [0.05, 0.1) is 28.8 Å². The number of sulfonamides is 1. The lowest BCUT2D eigenvalue weighted by atomic mass is 10.1. The Kier molecular flexibility index (Phi) is 4.99. The first-order valence-corrected chi connectivity index (χ1v) is 7.19. The van der Waals surface area contributed by atoms with E-state index in [2.05, 4.69) is 4.72 Å². The highest BCUT2D eigenvalue weighted by molar-refractivity contribution is 7.89. The summed E-state index contributed by atoms with van der Waals surface area (Å²) in [4.78, 5) is -0.204. The quantitative estimate of drug-likeness (QED) is 0.757. The molecule has 0 amide bonds. The minimum absolute atomic E-state index is 0.106. The van der Waals surface area contributed by atoms with Crippen molar-refractivity contribution in [1.82, 2.24) is 4.72 Å². The molecule has 0 saturated carbocycles. The summed E-state index contributed by atoms with van der Waals surface area (Å²) in [6.45, 7) is 0.255. The van der Waals surface area contributed by atoms with E-state index in [1.165, 1.54) is 25.1 Å². The summed E-state index contributed by atoms with van der Waals surface area (Å²) in [5.74, 6) is 0. The molecule has 0 bridgehead atoms. The molecule has 0 saturated heterocycles. The minimum Gasteiger partial charge on any atom is -0.394 e. The van der Waals surface area contributed by atoms with Crippen molar-refractivity contribution in [2.45, 2.75) is 17.4 Å². The van der Waals surface area contributed by atoms with Crippen molar-refractivity contribution in [2.24, 2.45) is 0 Å². The maximum Gasteiger partial charge on any atom is 0.242 e. The van der Waals surface area contributed by atoms with E-state index in [-0.39, 0.29) is 14.9 Å². The Labute approximate surface area is 115 Å². The molecule has 1 rings (SSSR count). The standard InChI is InChI=1S/C10H13Cl2NO4S/c1-10(5-14,6-15)13-18(16,17)8-4-2-3-7(11)9(8)12/h2-4,13-15H,5-6H2,1H3. The molecule has 18 heavy (non-hydrogen) atoms. The number of rotatable bonds is 5. The number of hydrogen-bond donors (Lipinski definition) is 3. The van der Waals surface area contributed by atoms with E-state index in [9.17, 15) is 8.42 Å². The van der Waals surface area contributed by atoms with Crippen LogP contribution in [0.1, 0.15) is 6.92 Å². The maximum atomic E-state index is 12.1. The number of hydrogen-bond acceptors (Lipinski definition) is 4. The topological polar surface area (TPSA) is 86.6 Å². The van der Waals surface area contributed by atoms with Gasteiger partial charge in [0, 0.05) is 0 Å². The third-order valence-corrected chi connectivity index (χ3v) is 4.90. The van der Waals surface area contributed by atoms with Crippen LogP contribution in [0, 0.1) is 0 Å². The number of halogens is 2. The first-order chi connectivity index (χ1) is 8.25. The van der Waals surface area contributed by atoms with Gasteiger partial charge in [0.15, 0.2) is 0 Å². The van der Waals surface area contributed by atoms with Crippen LogP contribution in [0.4, 0.5) is 0 Å². The molecular formula is C10H13Cl2NO4S. The number of aliphatic hydroxyl groups excluding tert-OH is 2. The van der Waals surface area contributed by atoms with E-state index >= 15 is 0 Å². The zero-order chi connectivity index (χ0) is 14.0. The summed E-state index contributed by atoms with van der Waals surface area (Å²) < 4.78 is 26.3. The van der Waals surface area contributed by atoms with Crippen molar-refractivity contribution >= 4 is 33.2 Å². The van der Waals surface area contributed by atoms with Gasteiger partial charge in [-0.2, -0.15) is 0 Å². The van der Waals surface area contributed by atoms with Crippen LogP contribution in [0.25, 0.3) is 0 Å². The Morgan fingerprint density at radius 2 is 1.83 bits per heavy atom. The third kappa shape index (κ3) is 3.34. The molecule has 0 radical (unpaired) electrons. The van der Waals surface area contributed by atoms with Gasteiger partial charge in [0.2, 0.25) is 10.0 Å². The van der Waals surface area contributed by atoms with Crippen LogP contribution in [0.3, 0.4) is 0 Å². The Morgan fingerprint density at radius 3 is 2.33 bits per heavy atom. The highest BCUT2D eigenvalue weighted by Crippen LogP contribution is 2.29. The minimum atomic E-state index is -3.98. The Bertz CT molecular complexity index is 529. The van der Waals surface area contributed by atoms with E-state index < -0.39 is 28.8 Å². The second kappa shape index (κ2) is 5.73. The van der Waals surface area contributed by atoms with E-state index in [1.54, 1.807) is 0 Å². The molecule has 0 spiro atoms. The molecule has 102 valence electrons. The molecule has 8 heteroatoms. The van der Waals surface area contributed by atoms with Gasteiger partial charge < -0.3 is 10.2 Å². The van der Waals surface area contributed by atoms with Crippen molar-refractivity contribution in [3.63, 3.8) is 0 Å². The van der Waals surface area contributed by atoms with Gasteiger partial charge in [-0.1, -0.05) is 29.3 Å². The molecule has 0 aliphatic rings. The predicted molar refractivity (Wildman–Crippen MR) is 69.4 cm³/mol. The normalized spacial score (nSPS) is 12.7. The predicted octanol–water partition coefficient (Wildman–Crippen LogP) is 1.02. The van der Waals surface area contributed by atoms with Gasteiger partial charge in [0.1, 0.15) is 4.90 Å². The fourth-order valence-electron chi connectivity index (χ4n) is 1.19. The largest absolute Gasteiger partial charge is 0.394 e. The maximum absolute atomic E-state index is 12.1. The number of aliphatic hydroxyl groups is 2. The lowest BCUT2D eigenvalue weighted by Crippen LogP contribution is -2.51. The summed E-state index contributed by atoms with van der Waals surface area (Å²) in [7, 11) is -3.98. The van der Waals surface area contributed by atoms with Crippen molar-refractivity contribution in [3.8, 4) is 0 Å². The number of nitrogens with one attached hydrogen (secondary N) is 1. The van der Waals surface area contributed by atoms with Gasteiger partial charge in [-0.05, 0) is 19.1 Å². The summed E-state index contributed by atoms with van der Waals surface area (Å²) in [5, 5.41) is 18.1. The second-order valence-electron chi connectivity index (χ2n) is 4.03. The average Bonchev–Trinajstić information content (AvgIpc) is 2.31. The van der Waals surface area contributed by atoms with E-state index in [4.69, 9.17) is 33.4 Å². The molecular weight excluding hydrogens is 301 g/mol. The Balaban J connectivity index is 3.19. The summed E-state index contributed by atoms with van der Waals surface area (Å²) >= 11 is 11.6. The van der Waals surface area contributed by atoms with Crippen LogP contribution in [-0.2, 0) is 10.0 Å². The average molecular weight is 314 g/mol. The lowest BCUT2D eigenvalue weighted by Gasteiger charge is -2.26. The zero-order valence-corrected chi connectivity index (χ0v) is 11.8. The molecule has 0 aliphatic heterocycles. The van der Waals surface area contributed by atoms with Crippen LogP contribution >= 0.6 is 23.2 Å². The molecule has 5 nitrogen and oxygen atoms in total. The monoisotopic (exact) mass is 313 g/mol.